The maximum absolute atomic E-state index is 8.55. The summed E-state index contributed by atoms with van der Waals surface area (Å²) in [6.45, 7) is 7.93. The van der Waals surface area contributed by atoms with Crippen LogP contribution in [0.25, 0.3) is 0 Å². The molecule has 0 aromatic carbocycles. The molecule has 5 heteroatoms. The monoisotopic (exact) mass is 216 g/mol. The smallest absolute Gasteiger partial charge is 0.143 e. The van der Waals surface area contributed by atoms with E-state index in [-0.39, 0.29) is 5.92 Å². The second kappa shape index (κ2) is 7.48. The van der Waals surface area contributed by atoms with E-state index >= 15 is 0 Å². The summed E-state index contributed by atoms with van der Waals surface area (Å²) in [6.07, 6.45) is 0. The van der Waals surface area contributed by atoms with E-state index in [9.17, 15) is 0 Å². The number of oxime groups is 1. The van der Waals surface area contributed by atoms with Crippen LogP contribution in [-0.4, -0.2) is 61.1 Å². The van der Waals surface area contributed by atoms with Gasteiger partial charge in [0.25, 0.3) is 0 Å². The maximum atomic E-state index is 8.55. The number of nitrogens with two attached hydrogens (primary N) is 1. The largest absolute Gasteiger partial charge is 0.409 e. The van der Waals surface area contributed by atoms with Crippen molar-refractivity contribution >= 4 is 5.84 Å². The Labute approximate surface area is 92.5 Å². The van der Waals surface area contributed by atoms with Crippen molar-refractivity contribution in [2.45, 2.75) is 13.8 Å². The van der Waals surface area contributed by atoms with Crippen LogP contribution in [0.5, 0.6) is 0 Å². The van der Waals surface area contributed by atoms with Gasteiger partial charge in [-0.15, -0.1) is 0 Å². The molecular formula is C10H24N4O. The predicted molar refractivity (Wildman–Crippen MR) is 63.2 cm³/mol. The molecule has 0 aliphatic rings. The van der Waals surface area contributed by atoms with Crippen LogP contribution in [0.15, 0.2) is 5.16 Å². The van der Waals surface area contributed by atoms with Gasteiger partial charge in [0.15, 0.2) is 0 Å². The molecule has 0 bridgehead atoms. The van der Waals surface area contributed by atoms with Crippen LogP contribution in [-0.2, 0) is 0 Å². The summed E-state index contributed by atoms with van der Waals surface area (Å²) in [6, 6.07) is 0. The molecule has 0 amide bonds. The number of amidine groups is 1. The zero-order valence-electron chi connectivity index (χ0n) is 10.3. The highest BCUT2D eigenvalue weighted by molar-refractivity contribution is 5.82. The zero-order chi connectivity index (χ0) is 11.8. The van der Waals surface area contributed by atoms with E-state index in [4.69, 9.17) is 10.9 Å². The maximum Gasteiger partial charge on any atom is 0.143 e. The highest BCUT2D eigenvalue weighted by atomic mass is 16.4. The van der Waals surface area contributed by atoms with Crippen LogP contribution in [0, 0.1) is 5.92 Å². The summed E-state index contributed by atoms with van der Waals surface area (Å²) in [5.74, 6) is 0.399. The Balaban J connectivity index is 3.98. The lowest BCUT2D eigenvalue weighted by Gasteiger charge is -2.25. The number of nitrogens with zero attached hydrogens (tertiary/aromatic N) is 3. The van der Waals surface area contributed by atoms with E-state index in [1.165, 1.54) is 0 Å². The summed E-state index contributed by atoms with van der Waals surface area (Å²) >= 11 is 0. The molecule has 0 fully saturated rings. The Hall–Kier alpha value is -0.810. The highest BCUT2D eigenvalue weighted by Gasteiger charge is 2.12. The van der Waals surface area contributed by atoms with E-state index in [2.05, 4.69) is 36.0 Å². The highest BCUT2D eigenvalue weighted by Crippen LogP contribution is 2.00. The van der Waals surface area contributed by atoms with Crippen LogP contribution in [0.3, 0.4) is 0 Å². The third-order valence-electron chi connectivity index (χ3n) is 2.46. The number of hydrogen-bond acceptors (Lipinski definition) is 4. The van der Waals surface area contributed by atoms with Crippen molar-refractivity contribution in [1.82, 2.24) is 9.80 Å². The van der Waals surface area contributed by atoms with Crippen molar-refractivity contribution in [3.8, 4) is 0 Å². The van der Waals surface area contributed by atoms with Crippen LogP contribution in [0.2, 0.25) is 0 Å². The summed E-state index contributed by atoms with van der Waals surface area (Å²) in [5.41, 5.74) is 5.54. The Morgan fingerprint density at radius 2 is 2.00 bits per heavy atom. The van der Waals surface area contributed by atoms with Gasteiger partial charge >= 0.3 is 0 Å². The predicted octanol–water partition coefficient (Wildman–Crippen LogP) is 0.252. The Kier molecular flexibility index (Phi) is 7.07. The first-order valence-corrected chi connectivity index (χ1v) is 5.35. The molecule has 0 aliphatic carbocycles. The first kappa shape index (κ1) is 14.2. The Morgan fingerprint density at radius 1 is 1.40 bits per heavy atom. The van der Waals surface area contributed by atoms with Crippen LogP contribution in [0.1, 0.15) is 13.8 Å². The van der Waals surface area contributed by atoms with E-state index < -0.39 is 0 Å². The summed E-state index contributed by atoms with van der Waals surface area (Å²) < 4.78 is 0. The molecule has 90 valence electrons. The first-order chi connectivity index (χ1) is 7.01. The molecule has 0 spiro atoms. The van der Waals surface area contributed by atoms with Gasteiger partial charge in [0.2, 0.25) is 0 Å². The first-order valence-electron chi connectivity index (χ1n) is 5.35. The average molecular weight is 216 g/mol. The molecule has 0 saturated carbocycles. The minimum atomic E-state index is 0.0945. The summed E-state index contributed by atoms with van der Waals surface area (Å²) in [7, 11) is 4.11. The minimum absolute atomic E-state index is 0.0945. The molecule has 3 N–H and O–H groups in total. The van der Waals surface area contributed by atoms with Gasteiger partial charge in [-0.2, -0.15) is 0 Å². The molecule has 0 heterocycles. The van der Waals surface area contributed by atoms with Crippen molar-refractivity contribution in [1.29, 1.82) is 0 Å². The Morgan fingerprint density at radius 3 is 2.40 bits per heavy atom. The number of likely N-dealkylation sites (N-methyl/N-ethyl adjacent to an activating group) is 2. The standard InChI is InChI=1S/C10H24N4O/c1-5-14(7-6-13(3)4)8-9(2)10(11)12-15/h9,15H,5-8H2,1-4H3,(H2,11,12). The molecule has 15 heavy (non-hydrogen) atoms. The van der Waals surface area contributed by atoms with Crippen molar-refractivity contribution in [3.63, 3.8) is 0 Å². The Bertz CT molecular complexity index is 194. The van der Waals surface area contributed by atoms with Crippen molar-refractivity contribution in [2.24, 2.45) is 16.8 Å². The van der Waals surface area contributed by atoms with Crippen molar-refractivity contribution in [3.05, 3.63) is 0 Å². The van der Waals surface area contributed by atoms with Gasteiger partial charge in [0, 0.05) is 25.6 Å². The van der Waals surface area contributed by atoms with Gasteiger partial charge in [-0.3, -0.25) is 0 Å². The second-order valence-electron chi connectivity index (χ2n) is 4.12. The topological polar surface area (TPSA) is 65.1 Å². The minimum Gasteiger partial charge on any atom is -0.409 e. The van der Waals surface area contributed by atoms with Gasteiger partial charge < -0.3 is 20.7 Å². The van der Waals surface area contributed by atoms with E-state index in [1.54, 1.807) is 0 Å². The molecule has 1 atom stereocenters. The molecule has 0 aromatic rings. The fourth-order valence-corrected chi connectivity index (χ4v) is 1.30. The lowest BCUT2D eigenvalue weighted by atomic mass is 10.1. The molecular weight excluding hydrogens is 192 g/mol. The lowest BCUT2D eigenvalue weighted by Crippen LogP contribution is -2.38. The van der Waals surface area contributed by atoms with Crippen LogP contribution >= 0.6 is 0 Å². The molecule has 1 unspecified atom stereocenters. The normalized spacial score (nSPS) is 14.9. The van der Waals surface area contributed by atoms with Gasteiger partial charge in [0.05, 0.1) is 0 Å². The van der Waals surface area contributed by atoms with Crippen LogP contribution < -0.4 is 5.73 Å². The van der Waals surface area contributed by atoms with E-state index in [0.717, 1.165) is 26.2 Å². The van der Waals surface area contributed by atoms with Gasteiger partial charge in [-0.1, -0.05) is 19.0 Å². The zero-order valence-corrected chi connectivity index (χ0v) is 10.3. The van der Waals surface area contributed by atoms with Gasteiger partial charge in [-0.25, -0.2) is 0 Å². The van der Waals surface area contributed by atoms with Crippen LogP contribution in [0.4, 0.5) is 0 Å². The number of rotatable bonds is 7. The molecule has 0 aromatic heterocycles. The van der Waals surface area contributed by atoms with Crippen molar-refractivity contribution in [2.75, 3.05) is 40.3 Å². The fraction of sp³-hybridized carbons (Fsp3) is 0.900. The quantitative estimate of drug-likeness (QED) is 0.277. The van der Waals surface area contributed by atoms with E-state index in [0.29, 0.717) is 5.84 Å². The third kappa shape index (κ3) is 6.30. The van der Waals surface area contributed by atoms with Gasteiger partial charge in [0.1, 0.15) is 5.84 Å². The fourth-order valence-electron chi connectivity index (χ4n) is 1.30. The number of hydrogen-bond donors (Lipinski definition) is 2. The second-order valence-corrected chi connectivity index (χ2v) is 4.12. The third-order valence-corrected chi connectivity index (χ3v) is 2.46. The molecule has 0 saturated heterocycles. The average Bonchev–Trinajstić information content (AvgIpc) is 2.22. The van der Waals surface area contributed by atoms with Crippen molar-refractivity contribution < 1.29 is 5.21 Å². The molecule has 0 rings (SSSR count). The summed E-state index contributed by atoms with van der Waals surface area (Å²) in [5, 5.41) is 11.6. The van der Waals surface area contributed by atoms with E-state index in [1.807, 2.05) is 6.92 Å². The SMILES string of the molecule is CCN(CCN(C)C)CC(C)C(N)=NO. The summed E-state index contributed by atoms with van der Waals surface area (Å²) in [4.78, 5) is 4.44. The molecule has 0 aliphatic heterocycles. The molecule has 5 nitrogen and oxygen atoms in total. The lowest BCUT2D eigenvalue weighted by molar-refractivity contribution is 0.236. The van der Waals surface area contributed by atoms with Gasteiger partial charge in [-0.05, 0) is 20.6 Å². The molecule has 0 radical (unpaired) electrons.